The van der Waals surface area contributed by atoms with Gasteiger partial charge >= 0.3 is 6.03 Å². The number of thiophene rings is 1. The zero-order valence-corrected chi connectivity index (χ0v) is 17.9. The quantitative estimate of drug-likeness (QED) is 0.607. The highest BCUT2D eigenvalue weighted by Crippen LogP contribution is 2.37. The predicted octanol–water partition coefficient (Wildman–Crippen LogP) is 2.64. The molecule has 0 radical (unpaired) electrons. The van der Waals surface area contributed by atoms with Crippen molar-refractivity contribution in [1.29, 1.82) is 0 Å². The summed E-state index contributed by atoms with van der Waals surface area (Å²) in [6.07, 6.45) is 3.04. The molecule has 0 aromatic carbocycles. The van der Waals surface area contributed by atoms with Crippen LogP contribution < -0.4 is 10.9 Å². The van der Waals surface area contributed by atoms with Gasteiger partial charge in [-0.1, -0.05) is 18.7 Å². The van der Waals surface area contributed by atoms with Crippen LogP contribution in [0.15, 0.2) is 9.95 Å². The first-order valence-corrected chi connectivity index (χ1v) is 11.4. The summed E-state index contributed by atoms with van der Waals surface area (Å²) in [4.78, 5) is 45.7. The second kappa shape index (κ2) is 7.51. The van der Waals surface area contributed by atoms with E-state index in [2.05, 4.69) is 12.2 Å². The lowest BCUT2D eigenvalue weighted by atomic mass is 9.89. The molecule has 3 amide bonds. The number of nitrogens with zero attached hydrogens (tertiary/aromatic N) is 3. The molecule has 0 saturated carbocycles. The van der Waals surface area contributed by atoms with E-state index in [0.717, 1.165) is 29.5 Å². The van der Waals surface area contributed by atoms with Gasteiger partial charge in [0.2, 0.25) is 5.91 Å². The smallest absolute Gasteiger partial charge is 0.324 e. The van der Waals surface area contributed by atoms with Gasteiger partial charge in [-0.25, -0.2) is 9.78 Å². The lowest BCUT2D eigenvalue weighted by Gasteiger charge is -2.19. The first-order chi connectivity index (χ1) is 13.4. The second-order valence-corrected chi connectivity index (χ2v) is 9.85. The van der Waals surface area contributed by atoms with Crippen molar-refractivity contribution in [3.63, 3.8) is 0 Å². The molecule has 7 nitrogen and oxygen atoms in total. The topological polar surface area (TPSA) is 84.3 Å². The van der Waals surface area contributed by atoms with Gasteiger partial charge in [-0.3, -0.25) is 19.1 Å². The van der Waals surface area contributed by atoms with Gasteiger partial charge in [0, 0.05) is 24.5 Å². The Hall–Kier alpha value is -1.87. The van der Waals surface area contributed by atoms with Crippen LogP contribution in [-0.2, 0) is 24.2 Å². The number of urea groups is 1. The first kappa shape index (κ1) is 19.4. The summed E-state index contributed by atoms with van der Waals surface area (Å²) >= 11 is 2.87. The third kappa shape index (κ3) is 3.24. The first-order valence-electron chi connectivity index (χ1n) is 9.71. The number of carbonyl (C=O) groups excluding carboxylic acids is 2. The number of imide groups is 1. The number of thioether (sulfide) groups is 1. The summed E-state index contributed by atoms with van der Waals surface area (Å²) in [6.45, 7) is 7.28. The Morgan fingerprint density at radius 3 is 2.89 bits per heavy atom. The fraction of sp³-hybridized carbons (Fsp3) is 0.579. The number of hydrogen-bond acceptors (Lipinski definition) is 6. The monoisotopic (exact) mass is 420 g/mol. The Balaban J connectivity index is 1.70. The lowest BCUT2D eigenvalue weighted by Crippen LogP contribution is -2.39. The highest BCUT2D eigenvalue weighted by molar-refractivity contribution is 8.00. The molecule has 9 heteroatoms. The average Bonchev–Trinajstić information content (AvgIpc) is 3.23. The molecule has 4 rings (SSSR count). The van der Waals surface area contributed by atoms with E-state index in [1.165, 1.54) is 27.1 Å². The Labute approximate surface area is 171 Å². The molecule has 1 fully saturated rings. The maximum Gasteiger partial charge on any atom is 0.324 e. The van der Waals surface area contributed by atoms with Crippen LogP contribution in [0.4, 0.5) is 4.79 Å². The lowest BCUT2D eigenvalue weighted by molar-refractivity contribution is -0.126. The van der Waals surface area contributed by atoms with Crippen LogP contribution in [-0.4, -0.2) is 44.7 Å². The van der Waals surface area contributed by atoms with Gasteiger partial charge in [0.25, 0.3) is 5.56 Å². The van der Waals surface area contributed by atoms with E-state index in [4.69, 9.17) is 4.98 Å². The molecule has 1 N–H and O–H groups in total. The van der Waals surface area contributed by atoms with Crippen molar-refractivity contribution in [3.8, 4) is 0 Å². The molecule has 1 aliphatic carbocycles. The summed E-state index contributed by atoms with van der Waals surface area (Å²) < 4.78 is 1.66. The van der Waals surface area contributed by atoms with E-state index in [0.29, 0.717) is 30.7 Å². The average molecular weight is 421 g/mol. The van der Waals surface area contributed by atoms with E-state index < -0.39 is 5.25 Å². The Morgan fingerprint density at radius 2 is 2.21 bits per heavy atom. The predicted molar refractivity (Wildman–Crippen MR) is 111 cm³/mol. The molecular weight excluding hydrogens is 396 g/mol. The number of aromatic nitrogens is 2. The van der Waals surface area contributed by atoms with Crippen molar-refractivity contribution < 1.29 is 9.59 Å². The Bertz CT molecular complexity index is 1010. The summed E-state index contributed by atoms with van der Waals surface area (Å²) in [5.41, 5.74) is 1.16. The van der Waals surface area contributed by atoms with Crippen molar-refractivity contribution in [3.05, 3.63) is 20.8 Å². The minimum absolute atomic E-state index is 0.0133. The summed E-state index contributed by atoms with van der Waals surface area (Å²) in [7, 11) is 0. The van der Waals surface area contributed by atoms with Gasteiger partial charge in [-0.2, -0.15) is 0 Å². The van der Waals surface area contributed by atoms with Gasteiger partial charge < -0.3 is 5.32 Å². The molecule has 2 aromatic rings. The normalized spacial score (nSPS) is 20.3. The van der Waals surface area contributed by atoms with Crippen LogP contribution in [0.5, 0.6) is 0 Å². The van der Waals surface area contributed by atoms with Crippen molar-refractivity contribution in [2.24, 2.45) is 5.92 Å². The number of rotatable bonds is 4. The van der Waals surface area contributed by atoms with Crippen LogP contribution in [0.1, 0.15) is 37.6 Å². The van der Waals surface area contributed by atoms with Crippen LogP contribution in [0, 0.1) is 5.92 Å². The molecule has 0 bridgehead atoms. The fourth-order valence-electron chi connectivity index (χ4n) is 3.88. The largest absolute Gasteiger partial charge is 0.336 e. The number of hydrogen-bond donors (Lipinski definition) is 1. The van der Waals surface area contributed by atoms with E-state index >= 15 is 0 Å². The van der Waals surface area contributed by atoms with E-state index in [-0.39, 0.29) is 17.5 Å². The van der Waals surface area contributed by atoms with Gasteiger partial charge in [0.15, 0.2) is 5.16 Å². The van der Waals surface area contributed by atoms with Crippen LogP contribution in [0.25, 0.3) is 10.2 Å². The zero-order chi connectivity index (χ0) is 20.0. The molecule has 2 atom stereocenters. The molecule has 1 aliphatic heterocycles. The van der Waals surface area contributed by atoms with Crippen LogP contribution in [0.3, 0.4) is 0 Å². The highest BCUT2D eigenvalue weighted by atomic mass is 32.2. The van der Waals surface area contributed by atoms with Crippen molar-refractivity contribution in [1.82, 2.24) is 19.8 Å². The van der Waals surface area contributed by atoms with Crippen molar-refractivity contribution >= 4 is 45.3 Å². The number of amides is 3. The third-order valence-corrected chi connectivity index (χ3v) is 7.68. The standard InChI is InChI=1S/C19H24N4O3S2/c1-4-22-17(25)14-12-6-5-10(2)9-13(12)28-15(14)21-19(22)27-11(3)16(24)23-8-7-20-18(23)26/h10-11H,4-9H2,1-3H3,(H,20,26). The van der Waals surface area contributed by atoms with Gasteiger partial charge in [-0.05, 0) is 44.6 Å². The molecule has 1 saturated heterocycles. The summed E-state index contributed by atoms with van der Waals surface area (Å²) in [6, 6.07) is -0.353. The summed E-state index contributed by atoms with van der Waals surface area (Å²) in [5.74, 6) is 0.378. The Kier molecular flexibility index (Phi) is 5.22. The molecule has 2 aromatic heterocycles. The van der Waals surface area contributed by atoms with Crippen molar-refractivity contribution in [2.45, 2.75) is 57.0 Å². The van der Waals surface area contributed by atoms with Gasteiger partial charge in [0.1, 0.15) is 4.83 Å². The van der Waals surface area contributed by atoms with Crippen molar-refractivity contribution in [2.75, 3.05) is 13.1 Å². The van der Waals surface area contributed by atoms with Gasteiger partial charge in [-0.15, -0.1) is 11.3 Å². The molecule has 2 unspecified atom stereocenters. The van der Waals surface area contributed by atoms with Gasteiger partial charge in [0.05, 0.1) is 10.6 Å². The van der Waals surface area contributed by atoms with E-state index in [1.54, 1.807) is 22.8 Å². The molecule has 2 aliphatic rings. The number of carbonyl (C=O) groups is 2. The second-order valence-electron chi connectivity index (χ2n) is 7.46. The zero-order valence-electron chi connectivity index (χ0n) is 16.3. The third-order valence-electron chi connectivity index (χ3n) is 5.45. The minimum atomic E-state index is -0.499. The van der Waals surface area contributed by atoms with E-state index in [1.807, 2.05) is 6.92 Å². The van der Waals surface area contributed by atoms with Crippen LogP contribution >= 0.6 is 23.1 Å². The molecule has 28 heavy (non-hydrogen) atoms. The molecule has 0 spiro atoms. The number of aryl methyl sites for hydroxylation is 1. The summed E-state index contributed by atoms with van der Waals surface area (Å²) in [5, 5.41) is 3.45. The minimum Gasteiger partial charge on any atom is -0.336 e. The number of fused-ring (bicyclic) bond motifs is 3. The maximum atomic E-state index is 13.2. The highest BCUT2D eigenvalue weighted by Gasteiger charge is 2.31. The van der Waals surface area contributed by atoms with E-state index in [9.17, 15) is 14.4 Å². The van der Waals surface area contributed by atoms with Crippen LogP contribution in [0.2, 0.25) is 0 Å². The molecular formula is C19H24N4O3S2. The molecule has 3 heterocycles. The SMILES string of the molecule is CCn1c(SC(C)C(=O)N2CCNC2=O)nc2sc3c(c2c1=O)CCC(C)C3. The maximum absolute atomic E-state index is 13.2. The fourth-order valence-corrected chi connectivity index (χ4v) is 6.34. The molecule has 150 valence electrons. The number of nitrogens with one attached hydrogen (secondary N) is 1. The Morgan fingerprint density at radius 1 is 1.43 bits per heavy atom.